The zero-order valence-corrected chi connectivity index (χ0v) is 10.4. The molecule has 0 spiro atoms. The van der Waals surface area contributed by atoms with Crippen molar-refractivity contribution in [1.29, 1.82) is 0 Å². The summed E-state index contributed by atoms with van der Waals surface area (Å²) in [6, 6.07) is 5.50. The van der Waals surface area contributed by atoms with Crippen molar-refractivity contribution in [2.45, 2.75) is 12.8 Å². The number of nitrogens with zero attached hydrogens (tertiary/aromatic N) is 1. The van der Waals surface area contributed by atoms with E-state index in [1.807, 2.05) is 0 Å². The molecule has 1 aliphatic heterocycles. The van der Waals surface area contributed by atoms with Gasteiger partial charge in [0.05, 0.1) is 13.2 Å². The molecule has 0 aromatic heterocycles. The predicted octanol–water partition coefficient (Wildman–Crippen LogP) is 1.32. The van der Waals surface area contributed by atoms with E-state index < -0.39 is 29.5 Å². The highest BCUT2D eigenvalue weighted by Gasteiger charge is 2.46. The molecule has 0 bridgehead atoms. The van der Waals surface area contributed by atoms with Crippen LogP contribution in [-0.4, -0.2) is 35.3 Å². The Bertz CT molecular complexity index is 488. The van der Waals surface area contributed by atoms with Crippen molar-refractivity contribution < 1.29 is 23.9 Å². The number of carbonyl (C=O) groups is 2. The molecule has 1 amide bonds. The summed E-state index contributed by atoms with van der Waals surface area (Å²) >= 11 is 0. The van der Waals surface area contributed by atoms with Crippen LogP contribution in [0.15, 0.2) is 24.3 Å². The third kappa shape index (κ3) is 2.58. The maximum atomic E-state index is 12.9. The molecule has 1 fully saturated rings. The minimum Gasteiger partial charge on any atom is -0.465 e. The van der Waals surface area contributed by atoms with Gasteiger partial charge >= 0.3 is 5.97 Å². The molecule has 19 heavy (non-hydrogen) atoms. The number of carbonyl (C=O) groups excluding carboxylic acids is 2. The minimum atomic E-state index is -1.07. The Hall–Kier alpha value is -1.95. The third-order valence-electron chi connectivity index (χ3n) is 3.13. The summed E-state index contributed by atoms with van der Waals surface area (Å²) < 4.78 is 17.7. The van der Waals surface area contributed by atoms with Crippen molar-refractivity contribution in [3.63, 3.8) is 0 Å². The molecular weight excluding hydrogens is 253 g/mol. The van der Waals surface area contributed by atoms with E-state index in [0.29, 0.717) is 10.6 Å². The summed E-state index contributed by atoms with van der Waals surface area (Å²) in [6.45, 7) is 1.79. The Kier molecular flexibility index (Phi) is 3.80. The molecule has 0 aliphatic carbocycles. The molecule has 1 N–H and O–H groups in total. The largest absolute Gasteiger partial charge is 0.465 e. The molecule has 6 heteroatoms. The minimum absolute atomic E-state index is 0.00601. The number of hydrogen-bond donors (Lipinski definition) is 1. The van der Waals surface area contributed by atoms with Gasteiger partial charge in [-0.15, -0.1) is 0 Å². The summed E-state index contributed by atoms with van der Waals surface area (Å²) in [5.41, 5.74) is 0.615. The first-order valence-corrected chi connectivity index (χ1v) is 5.97. The smallest absolute Gasteiger partial charge is 0.319 e. The fourth-order valence-corrected chi connectivity index (χ4v) is 2.22. The first-order chi connectivity index (χ1) is 9.04. The highest BCUT2D eigenvalue weighted by Crippen LogP contribution is 2.33. The second-order valence-corrected chi connectivity index (χ2v) is 4.31. The summed E-state index contributed by atoms with van der Waals surface area (Å²) in [5, 5.41) is 9.98. The van der Waals surface area contributed by atoms with Gasteiger partial charge in [0.1, 0.15) is 11.7 Å². The van der Waals surface area contributed by atoms with Crippen LogP contribution in [0.4, 0.5) is 4.39 Å². The third-order valence-corrected chi connectivity index (χ3v) is 3.13. The van der Waals surface area contributed by atoms with Crippen LogP contribution in [0.25, 0.3) is 0 Å². The van der Waals surface area contributed by atoms with E-state index in [2.05, 4.69) is 0 Å². The van der Waals surface area contributed by atoms with Crippen LogP contribution in [0, 0.1) is 11.7 Å². The Morgan fingerprint density at radius 2 is 2.11 bits per heavy atom. The number of rotatable bonds is 3. The maximum Gasteiger partial charge on any atom is 0.319 e. The van der Waals surface area contributed by atoms with Crippen LogP contribution < -0.4 is 0 Å². The number of halogens is 1. The van der Waals surface area contributed by atoms with Crippen molar-refractivity contribution in [3.8, 4) is 0 Å². The first-order valence-electron chi connectivity index (χ1n) is 5.97. The standard InChI is InChI=1S/C13H14FNO4/c1-2-19-13(17)11-10(7-15(18)12(11)16)8-3-5-9(14)6-4-8/h3-6,10-11,18H,2,7H2,1H3/t10-,11+/m1/s1. The zero-order valence-electron chi connectivity index (χ0n) is 10.4. The topological polar surface area (TPSA) is 66.8 Å². The highest BCUT2D eigenvalue weighted by atomic mass is 19.1. The lowest BCUT2D eigenvalue weighted by atomic mass is 9.88. The molecule has 1 aromatic rings. The summed E-state index contributed by atoms with van der Waals surface area (Å²) in [7, 11) is 0. The van der Waals surface area contributed by atoms with E-state index in [1.54, 1.807) is 6.92 Å². The van der Waals surface area contributed by atoms with E-state index in [-0.39, 0.29) is 13.2 Å². The van der Waals surface area contributed by atoms with Gasteiger partial charge in [-0.2, -0.15) is 0 Å². The Balaban J connectivity index is 2.29. The van der Waals surface area contributed by atoms with Gasteiger partial charge in [0.2, 0.25) is 0 Å². The van der Waals surface area contributed by atoms with Crippen LogP contribution in [-0.2, 0) is 14.3 Å². The molecule has 1 saturated heterocycles. The van der Waals surface area contributed by atoms with Crippen molar-refractivity contribution in [1.82, 2.24) is 5.06 Å². The van der Waals surface area contributed by atoms with Crippen LogP contribution in [0.3, 0.4) is 0 Å². The lowest BCUT2D eigenvalue weighted by Gasteiger charge is -2.15. The molecule has 1 aromatic carbocycles. The normalized spacial score (nSPS) is 22.7. The van der Waals surface area contributed by atoms with Gasteiger partial charge in [-0.1, -0.05) is 12.1 Å². The van der Waals surface area contributed by atoms with Gasteiger partial charge in [0.25, 0.3) is 5.91 Å². The van der Waals surface area contributed by atoms with Gasteiger partial charge in [-0.3, -0.25) is 14.8 Å². The van der Waals surface area contributed by atoms with Crippen LogP contribution in [0.5, 0.6) is 0 Å². The monoisotopic (exact) mass is 267 g/mol. The molecule has 1 aliphatic rings. The quantitative estimate of drug-likeness (QED) is 0.509. The highest BCUT2D eigenvalue weighted by molar-refractivity contribution is 6.00. The number of hydrogen-bond acceptors (Lipinski definition) is 4. The Labute approximate surface area is 109 Å². The number of amides is 1. The Morgan fingerprint density at radius 3 is 2.68 bits per heavy atom. The molecule has 0 radical (unpaired) electrons. The van der Waals surface area contributed by atoms with Gasteiger partial charge in [0.15, 0.2) is 0 Å². The molecule has 0 unspecified atom stereocenters. The van der Waals surface area contributed by atoms with Gasteiger partial charge in [0, 0.05) is 5.92 Å². The van der Waals surface area contributed by atoms with Crippen LogP contribution in [0.1, 0.15) is 18.4 Å². The van der Waals surface area contributed by atoms with E-state index in [0.717, 1.165) is 0 Å². The van der Waals surface area contributed by atoms with Crippen LogP contribution >= 0.6 is 0 Å². The lowest BCUT2D eigenvalue weighted by Crippen LogP contribution is -2.30. The summed E-state index contributed by atoms with van der Waals surface area (Å²) in [4.78, 5) is 23.6. The molecule has 2 rings (SSSR count). The molecular formula is C13H14FNO4. The van der Waals surface area contributed by atoms with Crippen molar-refractivity contribution in [2.24, 2.45) is 5.92 Å². The van der Waals surface area contributed by atoms with E-state index in [1.165, 1.54) is 24.3 Å². The van der Waals surface area contributed by atoms with E-state index >= 15 is 0 Å². The second-order valence-electron chi connectivity index (χ2n) is 4.31. The summed E-state index contributed by atoms with van der Waals surface area (Å²) in [5.74, 6) is -3.36. The van der Waals surface area contributed by atoms with Crippen molar-refractivity contribution in [2.75, 3.05) is 13.2 Å². The molecule has 0 saturated carbocycles. The van der Waals surface area contributed by atoms with Crippen LogP contribution in [0.2, 0.25) is 0 Å². The molecule has 1 heterocycles. The number of esters is 1. The fraction of sp³-hybridized carbons (Fsp3) is 0.385. The predicted molar refractivity (Wildman–Crippen MR) is 62.8 cm³/mol. The average molecular weight is 267 g/mol. The molecule has 5 nitrogen and oxygen atoms in total. The molecule has 102 valence electrons. The molecule has 2 atom stereocenters. The van der Waals surface area contributed by atoms with Crippen molar-refractivity contribution in [3.05, 3.63) is 35.6 Å². The van der Waals surface area contributed by atoms with E-state index in [9.17, 15) is 19.2 Å². The number of hydroxylamine groups is 2. The summed E-state index contributed by atoms with van der Waals surface area (Å²) in [6.07, 6.45) is 0. The SMILES string of the molecule is CCOC(=O)[C@@H]1C(=O)N(O)C[C@@H]1c1ccc(F)cc1. The van der Waals surface area contributed by atoms with Gasteiger partial charge < -0.3 is 4.74 Å². The lowest BCUT2D eigenvalue weighted by molar-refractivity contribution is -0.165. The van der Waals surface area contributed by atoms with Gasteiger partial charge in [-0.25, -0.2) is 9.45 Å². The average Bonchev–Trinajstić information content (AvgIpc) is 2.67. The second kappa shape index (κ2) is 5.36. The first kappa shape index (κ1) is 13.5. The van der Waals surface area contributed by atoms with E-state index in [4.69, 9.17) is 4.74 Å². The maximum absolute atomic E-state index is 12.9. The fourth-order valence-electron chi connectivity index (χ4n) is 2.22. The Morgan fingerprint density at radius 1 is 1.47 bits per heavy atom. The van der Waals surface area contributed by atoms with Gasteiger partial charge in [-0.05, 0) is 24.6 Å². The number of ether oxygens (including phenoxy) is 1. The van der Waals surface area contributed by atoms with Crippen molar-refractivity contribution >= 4 is 11.9 Å². The zero-order chi connectivity index (χ0) is 14.0. The number of benzene rings is 1.